The first kappa shape index (κ1) is 18.6. The topological polar surface area (TPSA) is 17.1 Å². The second-order valence-corrected chi connectivity index (χ2v) is 9.89. The van der Waals surface area contributed by atoms with Crippen LogP contribution >= 0.6 is 0 Å². The first-order chi connectivity index (χ1) is 12.2. The van der Waals surface area contributed by atoms with E-state index in [-0.39, 0.29) is 11.3 Å². The minimum atomic E-state index is -4.37. The van der Waals surface area contributed by atoms with Crippen molar-refractivity contribution >= 4 is 5.78 Å². The van der Waals surface area contributed by atoms with E-state index in [4.69, 9.17) is 0 Å². The Morgan fingerprint density at radius 2 is 1.88 bits per heavy atom. The Balaban J connectivity index is 1.58. The number of ketones is 1. The molecule has 26 heavy (non-hydrogen) atoms. The molecule has 0 radical (unpaired) electrons. The third-order valence-electron chi connectivity index (χ3n) is 8.79. The molecule has 146 valence electrons. The van der Waals surface area contributed by atoms with Crippen LogP contribution in [-0.2, 0) is 4.79 Å². The Kier molecular flexibility index (Phi) is 4.36. The molecule has 1 nitrogen and oxygen atoms in total. The first-order valence-electron chi connectivity index (χ1n) is 10.4. The predicted molar refractivity (Wildman–Crippen MR) is 95.5 cm³/mol. The smallest absolute Gasteiger partial charge is 0.299 e. The van der Waals surface area contributed by atoms with Crippen molar-refractivity contribution in [3.05, 3.63) is 11.6 Å². The van der Waals surface area contributed by atoms with E-state index >= 15 is 0 Å². The zero-order chi connectivity index (χ0) is 18.7. The number of hydrogen-bond acceptors (Lipinski definition) is 1. The van der Waals surface area contributed by atoms with Gasteiger partial charge < -0.3 is 0 Å². The van der Waals surface area contributed by atoms with Gasteiger partial charge in [0, 0.05) is 5.92 Å². The Bertz CT molecular complexity index is 621. The summed E-state index contributed by atoms with van der Waals surface area (Å²) in [6.07, 6.45) is 6.55. The van der Waals surface area contributed by atoms with Crippen LogP contribution in [0.25, 0.3) is 0 Å². The molecule has 0 aromatic heterocycles. The maximum Gasteiger partial charge on any atom is 0.395 e. The molecule has 0 amide bonds. The SMILES string of the molecule is C[C@]12CC[C@H]3[C@@H](CCC4=CCCC[C@@]43C)[C@@H]1CC[C@@H]2C(=O)CC(F)(F)F. The average Bonchev–Trinajstić information content (AvgIpc) is 2.90. The molecular formula is C22H31F3O. The van der Waals surface area contributed by atoms with Crippen molar-refractivity contribution in [1.82, 2.24) is 0 Å². The van der Waals surface area contributed by atoms with E-state index in [0.29, 0.717) is 29.6 Å². The first-order valence-corrected chi connectivity index (χ1v) is 10.4. The van der Waals surface area contributed by atoms with Crippen molar-refractivity contribution in [3.63, 3.8) is 0 Å². The average molecular weight is 368 g/mol. The molecule has 0 unspecified atom stereocenters. The van der Waals surface area contributed by atoms with Crippen molar-refractivity contribution in [1.29, 1.82) is 0 Å². The third-order valence-corrected chi connectivity index (χ3v) is 8.79. The zero-order valence-electron chi connectivity index (χ0n) is 16.0. The van der Waals surface area contributed by atoms with E-state index in [0.717, 1.165) is 25.7 Å². The molecule has 0 N–H and O–H groups in total. The summed E-state index contributed by atoms with van der Waals surface area (Å²) in [5.74, 6) is 0.756. The van der Waals surface area contributed by atoms with E-state index in [2.05, 4.69) is 19.9 Å². The molecule has 0 heterocycles. The number of carbonyl (C=O) groups excluding carboxylic acids is 1. The van der Waals surface area contributed by atoms with Gasteiger partial charge in [0.05, 0.1) is 0 Å². The fourth-order valence-corrected chi connectivity index (χ4v) is 7.60. The van der Waals surface area contributed by atoms with Crippen molar-refractivity contribution in [2.45, 2.75) is 84.2 Å². The number of hydrogen-bond donors (Lipinski definition) is 0. The summed E-state index contributed by atoms with van der Waals surface area (Å²) < 4.78 is 38.4. The highest BCUT2D eigenvalue weighted by molar-refractivity contribution is 5.82. The minimum absolute atomic E-state index is 0.213. The number of carbonyl (C=O) groups is 1. The van der Waals surface area contributed by atoms with E-state index in [1.165, 1.54) is 25.7 Å². The van der Waals surface area contributed by atoms with Crippen LogP contribution in [0.4, 0.5) is 13.2 Å². The highest BCUT2D eigenvalue weighted by atomic mass is 19.4. The quantitative estimate of drug-likeness (QED) is 0.510. The summed E-state index contributed by atoms with van der Waals surface area (Å²) in [4.78, 5) is 12.4. The van der Waals surface area contributed by atoms with Gasteiger partial charge >= 0.3 is 6.18 Å². The molecule has 4 heteroatoms. The van der Waals surface area contributed by atoms with Crippen LogP contribution in [0.15, 0.2) is 11.6 Å². The lowest BCUT2D eigenvalue weighted by Crippen LogP contribution is -2.50. The number of Topliss-reactive ketones (excluding diaryl/α,β-unsaturated/α-hetero) is 1. The predicted octanol–water partition coefficient (Wildman–Crippen LogP) is 6.48. The summed E-state index contributed by atoms with van der Waals surface area (Å²) in [7, 11) is 0. The molecule has 6 atom stereocenters. The maximum absolute atomic E-state index is 12.8. The molecule has 0 bridgehead atoms. The highest BCUT2D eigenvalue weighted by Gasteiger charge is 2.60. The maximum atomic E-state index is 12.8. The fraction of sp³-hybridized carbons (Fsp3) is 0.864. The second-order valence-electron chi connectivity index (χ2n) is 9.89. The van der Waals surface area contributed by atoms with Crippen LogP contribution < -0.4 is 0 Å². The van der Waals surface area contributed by atoms with Crippen LogP contribution in [0.2, 0.25) is 0 Å². The minimum Gasteiger partial charge on any atom is -0.299 e. The van der Waals surface area contributed by atoms with Gasteiger partial charge in [0.15, 0.2) is 0 Å². The standard InChI is InChI=1S/C22H31F3O/c1-20-11-4-3-5-14(20)6-7-15-16-8-9-18(19(26)13-22(23,24)25)21(16,2)12-10-17(15)20/h5,15-18H,3-4,6-13H2,1-2H3/t15-,16-,17-,18+,20-,21-/m0/s1. The number of fused-ring (bicyclic) bond motifs is 5. The summed E-state index contributed by atoms with van der Waals surface area (Å²) in [5, 5.41) is 0. The number of rotatable bonds is 2. The van der Waals surface area contributed by atoms with Gasteiger partial charge in [-0.1, -0.05) is 25.5 Å². The Hall–Kier alpha value is -0.800. The van der Waals surface area contributed by atoms with Crippen LogP contribution in [0.5, 0.6) is 0 Å². The molecule has 0 saturated heterocycles. The molecule has 3 saturated carbocycles. The largest absolute Gasteiger partial charge is 0.395 e. The fourth-order valence-electron chi connectivity index (χ4n) is 7.60. The van der Waals surface area contributed by atoms with Gasteiger partial charge in [-0.05, 0) is 86.4 Å². The molecule has 4 rings (SSSR count). The molecule has 0 aromatic carbocycles. The summed E-state index contributed by atoms with van der Waals surface area (Å²) in [6.45, 7) is 4.58. The van der Waals surface area contributed by atoms with Crippen LogP contribution in [0, 0.1) is 34.5 Å². The van der Waals surface area contributed by atoms with Gasteiger partial charge in [-0.15, -0.1) is 0 Å². The molecular weight excluding hydrogens is 337 g/mol. The molecule has 4 aliphatic carbocycles. The number of allylic oxidation sites excluding steroid dienone is 2. The lowest BCUT2D eigenvalue weighted by atomic mass is 9.46. The van der Waals surface area contributed by atoms with E-state index in [1.807, 2.05) is 0 Å². The zero-order valence-corrected chi connectivity index (χ0v) is 16.0. The Labute approximate surface area is 154 Å². The normalized spacial score (nSPS) is 45.3. The van der Waals surface area contributed by atoms with Crippen molar-refractivity contribution < 1.29 is 18.0 Å². The van der Waals surface area contributed by atoms with E-state index in [9.17, 15) is 18.0 Å². The monoisotopic (exact) mass is 368 g/mol. The highest BCUT2D eigenvalue weighted by Crippen LogP contribution is 2.67. The number of alkyl halides is 3. The second kappa shape index (κ2) is 6.10. The molecule has 3 fully saturated rings. The van der Waals surface area contributed by atoms with Gasteiger partial charge in [-0.2, -0.15) is 13.2 Å². The molecule has 0 aliphatic heterocycles. The number of halogens is 3. The van der Waals surface area contributed by atoms with Crippen molar-refractivity contribution in [2.75, 3.05) is 0 Å². The molecule has 0 spiro atoms. The Morgan fingerprint density at radius 3 is 2.62 bits per heavy atom. The lowest BCUT2D eigenvalue weighted by Gasteiger charge is -2.58. The summed E-state index contributed by atoms with van der Waals surface area (Å²) in [5.41, 5.74) is 1.74. The van der Waals surface area contributed by atoms with Gasteiger partial charge in [0.2, 0.25) is 0 Å². The van der Waals surface area contributed by atoms with Crippen LogP contribution in [-0.4, -0.2) is 12.0 Å². The van der Waals surface area contributed by atoms with Gasteiger partial charge in [-0.25, -0.2) is 0 Å². The van der Waals surface area contributed by atoms with E-state index in [1.54, 1.807) is 5.57 Å². The lowest BCUT2D eigenvalue weighted by molar-refractivity contribution is -0.159. The summed E-state index contributed by atoms with van der Waals surface area (Å²) in [6, 6.07) is 0. The van der Waals surface area contributed by atoms with Gasteiger partial charge in [0.1, 0.15) is 12.2 Å². The summed E-state index contributed by atoms with van der Waals surface area (Å²) >= 11 is 0. The van der Waals surface area contributed by atoms with Gasteiger partial charge in [-0.3, -0.25) is 4.79 Å². The third kappa shape index (κ3) is 2.77. The van der Waals surface area contributed by atoms with Crippen molar-refractivity contribution in [2.24, 2.45) is 34.5 Å². The van der Waals surface area contributed by atoms with E-state index < -0.39 is 18.4 Å². The van der Waals surface area contributed by atoms with Gasteiger partial charge in [0.25, 0.3) is 0 Å². The van der Waals surface area contributed by atoms with Crippen LogP contribution in [0.3, 0.4) is 0 Å². The molecule has 0 aromatic rings. The van der Waals surface area contributed by atoms with Crippen molar-refractivity contribution in [3.8, 4) is 0 Å². The molecule has 4 aliphatic rings. The van der Waals surface area contributed by atoms with Crippen LogP contribution in [0.1, 0.15) is 78.1 Å². The Morgan fingerprint density at radius 1 is 1.12 bits per heavy atom.